The lowest BCUT2D eigenvalue weighted by atomic mass is 10.2. The molecule has 2 aromatic carbocycles. The molecular weight excluding hydrogens is 456 g/mol. The number of H-pyrrole nitrogens is 1. The molecule has 0 aliphatic rings. The highest BCUT2D eigenvalue weighted by atomic mass is 79.9. The van der Waals surface area contributed by atoms with Gasteiger partial charge in [-0.15, -0.1) is 0 Å². The topological polar surface area (TPSA) is 96.1 Å². The van der Waals surface area contributed by atoms with Crippen molar-refractivity contribution in [3.63, 3.8) is 0 Å². The molecule has 0 unspecified atom stereocenters. The Morgan fingerprint density at radius 1 is 1.17 bits per heavy atom. The number of benzene rings is 2. The molecule has 0 aliphatic carbocycles. The second-order valence-corrected chi connectivity index (χ2v) is 7.92. The number of halogens is 1. The highest BCUT2D eigenvalue weighted by molar-refractivity contribution is 9.10. The fourth-order valence-electron chi connectivity index (χ4n) is 2.56. The van der Waals surface area contributed by atoms with Crippen LogP contribution in [-0.4, -0.2) is 34.6 Å². The number of aromatic amines is 1. The highest BCUT2D eigenvalue weighted by Crippen LogP contribution is 2.28. The number of hydrogen-bond donors (Lipinski definition) is 3. The molecule has 150 valence electrons. The van der Waals surface area contributed by atoms with E-state index in [1.165, 1.54) is 25.8 Å². The van der Waals surface area contributed by atoms with Crippen molar-refractivity contribution in [1.29, 1.82) is 0 Å². The van der Waals surface area contributed by atoms with Crippen LogP contribution in [0.25, 0.3) is 11.3 Å². The van der Waals surface area contributed by atoms with E-state index in [4.69, 9.17) is 4.74 Å². The van der Waals surface area contributed by atoms with Crippen molar-refractivity contribution in [3.8, 4) is 17.0 Å². The molecule has 3 aromatic rings. The SMILES string of the molecule is COc1ccc(NC(C)=O)cc1NC(=O)CSc1ncc(-c2ccc(Br)cc2)[nH]1. The van der Waals surface area contributed by atoms with Crippen LogP contribution in [0.4, 0.5) is 11.4 Å². The van der Waals surface area contributed by atoms with Gasteiger partial charge in [0.25, 0.3) is 0 Å². The minimum Gasteiger partial charge on any atom is -0.495 e. The Labute approximate surface area is 180 Å². The molecule has 0 saturated carbocycles. The lowest BCUT2D eigenvalue weighted by Gasteiger charge is -2.12. The predicted molar refractivity (Wildman–Crippen MR) is 118 cm³/mol. The van der Waals surface area contributed by atoms with Crippen LogP contribution < -0.4 is 15.4 Å². The first kappa shape index (κ1) is 20.9. The van der Waals surface area contributed by atoms with Crippen molar-refractivity contribution in [3.05, 3.63) is 53.1 Å². The molecule has 0 atom stereocenters. The number of carbonyl (C=O) groups is 2. The Morgan fingerprint density at radius 2 is 1.93 bits per heavy atom. The Bertz CT molecular complexity index is 1020. The Morgan fingerprint density at radius 3 is 2.62 bits per heavy atom. The van der Waals surface area contributed by atoms with E-state index in [-0.39, 0.29) is 17.6 Å². The molecule has 0 radical (unpaired) electrons. The molecule has 0 saturated heterocycles. The van der Waals surface area contributed by atoms with Crippen LogP contribution in [0.5, 0.6) is 5.75 Å². The van der Waals surface area contributed by atoms with E-state index in [1.807, 2.05) is 24.3 Å². The zero-order valence-electron chi connectivity index (χ0n) is 15.8. The lowest BCUT2D eigenvalue weighted by molar-refractivity contribution is -0.114. The van der Waals surface area contributed by atoms with Gasteiger partial charge in [-0.25, -0.2) is 4.98 Å². The number of nitrogens with zero attached hydrogens (tertiary/aromatic N) is 1. The number of methoxy groups -OCH3 is 1. The van der Waals surface area contributed by atoms with Gasteiger partial charge in [-0.2, -0.15) is 0 Å². The number of hydrogen-bond acceptors (Lipinski definition) is 5. The average molecular weight is 475 g/mol. The quantitative estimate of drug-likeness (QED) is 0.436. The second-order valence-electron chi connectivity index (χ2n) is 6.04. The monoisotopic (exact) mass is 474 g/mol. The number of thioether (sulfide) groups is 1. The fourth-order valence-corrected chi connectivity index (χ4v) is 3.47. The summed E-state index contributed by atoms with van der Waals surface area (Å²) >= 11 is 4.71. The number of carbonyl (C=O) groups excluding carboxylic acids is 2. The maximum absolute atomic E-state index is 12.4. The summed E-state index contributed by atoms with van der Waals surface area (Å²) in [6.45, 7) is 1.42. The van der Waals surface area contributed by atoms with Crippen LogP contribution in [0.3, 0.4) is 0 Å². The van der Waals surface area contributed by atoms with E-state index in [9.17, 15) is 9.59 Å². The molecule has 3 N–H and O–H groups in total. The van der Waals surface area contributed by atoms with Crippen molar-refractivity contribution in [2.45, 2.75) is 12.1 Å². The van der Waals surface area contributed by atoms with Gasteiger partial charge in [0, 0.05) is 17.1 Å². The Hall–Kier alpha value is -2.78. The first-order valence-electron chi connectivity index (χ1n) is 8.64. The van der Waals surface area contributed by atoms with E-state index >= 15 is 0 Å². The van der Waals surface area contributed by atoms with Crippen molar-refractivity contribution >= 4 is 50.9 Å². The third-order valence-electron chi connectivity index (χ3n) is 3.84. The number of anilines is 2. The summed E-state index contributed by atoms with van der Waals surface area (Å²) in [4.78, 5) is 31.1. The van der Waals surface area contributed by atoms with Gasteiger partial charge in [0.05, 0.1) is 30.4 Å². The maximum Gasteiger partial charge on any atom is 0.234 e. The number of ether oxygens (including phenoxy) is 1. The van der Waals surface area contributed by atoms with Crippen molar-refractivity contribution in [1.82, 2.24) is 9.97 Å². The Kier molecular flexibility index (Phi) is 6.95. The summed E-state index contributed by atoms with van der Waals surface area (Å²) in [6, 6.07) is 12.9. The Balaban J connectivity index is 1.61. The van der Waals surface area contributed by atoms with Crippen molar-refractivity contribution in [2.24, 2.45) is 0 Å². The van der Waals surface area contributed by atoms with E-state index in [2.05, 4.69) is 36.5 Å². The van der Waals surface area contributed by atoms with Crippen molar-refractivity contribution in [2.75, 3.05) is 23.5 Å². The molecule has 1 heterocycles. The first-order chi connectivity index (χ1) is 13.9. The third-order valence-corrected chi connectivity index (χ3v) is 5.26. The summed E-state index contributed by atoms with van der Waals surface area (Å²) in [5.41, 5.74) is 2.95. The number of aromatic nitrogens is 2. The maximum atomic E-state index is 12.4. The van der Waals surface area contributed by atoms with Crippen LogP contribution in [0.2, 0.25) is 0 Å². The fraction of sp³-hybridized carbons (Fsp3) is 0.150. The van der Waals surface area contributed by atoms with E-state index in [0.717, 1.165) is 15.7 Å². The summed E-state index contributed by atoms with van der Waals surface area (Å²) < 4.78 is 6.28. The number of rotatable bonds is 7. The normalized spacial score (nSPS) is 10.4. The summed E-state index contributed by atoms with van der Waals surface area (Å²) in [5, 5.41) is 6.14. The van der Waals surface area contributed by atoms with Crippen LogP contribution in [0.15, 0.2) is 58.3 Å². The predicted octanol–water partition coefficient (Wildman–Crippen LogP) is 4.54. The third kappa shape index (κ3) is 5.85. The molecule has 29 heavy (non-hydrogen) atoms. The molecule has 3 rings (SSSR count). The molecule has 1 aromatic heterocycles. The molecule has 0 aliphatic heterocycles. The lowest BCUT2D eigenvalue weighted by Crippen LogP contribution is -2.15. The van der Waals surface area contributed by atoms with Gasteiger partial charge in [-0.3, -0.25) is 9.59 Å². The van der Waals surface area contributed by atoms with Gasteiger partial charge in [-0.05, 0) is 35.9 Å². The van der Waals surface area contributed by atoms with Gasteiger partial charge < -0.3 is 20.4 Å². The molecule has 0 spiro atoms. The van der Waals surface area contributed by atoms with Gasteiger partial charge >= 0.3 is 0 Å². The second kappa shape index (κ2) is 9.62. The largest absolute Gasteiger partial charge is 0.495 e. The van der Waals surface area contributed by atoms with Crippen LogP contribution >= 0.6 is 27.7 Å². The highest BCUT2D eigenvalue weighted by Gasteiger charge is 2.11. The average Bonchev–Trinajstić information content (AvgIpc) is 3.16. The van der Waals surface area contributed by atoms with E-state index in [1.54, 1.807) is 24.4 Å². The van der Waals surface area contributed by atoms with E-state index in [0.29, 0.717) is 22.3 Å². The van der Waals surface area contributed by atoms with Crippen LogP contribution in [0.1, 0.15) is 6.92 Å². The molecule has 2 amide bonds. The minimum atomic E-state index is -0.213. The smallest absolute Gasteiger partial charge is 0.234 e. The molecule has 0 fully saturated rings. The van der Waals surface area contributed by atoms with Gasteiger partial charge in [0.15, 0.2) is 5.16 Å². The molecule has 9 heteroatoms. The van der Waals surface area contributed by atoms with Crippen LogP contribution in [-0.2, 0) is 9.59 Å². The number of nitrogens with one attached hydrogen (secondary N) is 3. The summed E-state index contributed by atoms with van der Waals surface area (Å²) in [6.07, 6.45) is 1.74. The standard InChI is InChI=1S/C20H19BrN4O3S/c1-12(26)23-15-7-8-18(28-2)16(9-15)24-19(27)11-29-20-22-10-17(25-20)13-3-5-14(21)6-4-13/h3-10H,11H2,1-2H3,(H,22,25)(H,23,26)(H,24,27). The number of amides is 2. The molecular formula is C20H19BrN4O3S. The molecule has 0 bridgehead atoms. The summed E-state index contributed by atoms with van der Waals surface area (Å²) in [5.74, 6) is 0.270. The zero-order chi connectivity index (χ0) is 20.8. The van der Waals surface area contributed by atoms with Gasteiger partial charge in [0.2, 0.25) is 11.8 Å². The first-order valence-corrected chi connectivity index (χ1v) is 10.4. The summed E-state index contributed by atoms with van der Waals surface area (Å²) in [7, 11) is 1.52. The minimum absolute atomic E-state index is 0.167. The molecule has 7 nitrogen and oxygen atoms in total. The van der Waals surface area contributed by atoms with Gasteiger partial charge in [-0.1, -0.05) is 39.8 Å². The number of imidazole rings is 1. The van der Waals surface area contributed by atoms with Crippen LogP contribution in [0, 0.1) is 0 Å². The van der Waals surface area contributed by atoms with Crippen molar-refractivity contribution < 1.29 is 14.3 Å². The van der Waals surface area contributed by atoms with E-state index < -0.39 is 0 Å². The van der Waals surface area contributed by atoms with Gasteiger partial charge in [0.1, 0.15) is 5.75 Å². The zero-order valence-corrected chi connectivity index (χ0v) is 18.2.